The van der Waals surface area contributed by atoms with Gasteiger partial charge < -0.3 is 15.5 Å². The van der Waals surface area contributed by atoms with E-state index >= 15 is 0 Å². The molecular weight excluding hydrogens is 350 g/mol. The summed E-state index contributed by atoms with van der Waals surface area (Å²) in [6.45, 7) is 10.4. The van der Waals surface area contributed by atoms with Crippen LogP contribution in [0, 0.1) is 24.7 Å². The number of hydrogen-bond acceptors (Lipinski definition) is 3. The van der Waals surface area contributed by atoms with Gasteiger partial charge in [-0.15, -0.1) is 12.4 Å². The molecule has 3 unspecified atom stereocenters. The molecule has 0 aromatic heterocycles. The standard InChI is InChI=1S/C20H31N3O2.ClH/c1-13-8-14(2)12-23(11-13)20(25)17-7-6-15(3)18(9-17)22-19(24)16(4)10-21-5;/h6-7,9,13-14,16,21H,8,10-12H2,1-5H3,(H,22,24);1H. The highest BCUT2D eigenvalue weighted by Gasteiger charge is 2.26. The quantitative estimate of drug-likeness (QED) is 0.822. The molecule has 2 amide bonds. The van der Waals surface area contributed by atoms with Crippen LogP contribution in [-0.2, 0) is 4.79 Å². The maximum absolute atomic E-state index is 12.9. The van der Waals surface area contributed by atoms with Crippen molar-refractivity contribution in [2.24, 2.45) is 17.8 Å². The summed E-state index contributed by atoms with van der Waals surface area (Å²) >= 11 is 0. The van der Waals surface area contributed by atoms with Crippen molar-refractivity contribution >= 4 is 29.9 Å². The summed E-state index contributed by atoms with van der Waals surface area (Å²) in [4.78, 5) is 27.1. The first kappa shape index (κ1) is 22.5. The average molecular weight is 382 g/mol. The Kier molecular flexibility index (Phi) is 8.57. The SMILES string of the molecule is CNCC(C)C(=O)Nc1cc(C(=O)N2CC(C)CC(C)C2)ccc1C.Cl. The number of carbonyl (C=O) groups is 2. The molecule has 1 heterocycles. The molecule has 6 heteroatoms. The summed E-state index contributed by atoms with van der Waals surface area (Å²) in [7, 11) is 1.83. The van der Waals surface area contributed by atoms with E-state index in [-0.39, 0.29) is 30.1 Å². The highest BCUT2D eigenvalue weighted by atomic mass is 35.5. The van der Waals surface area contributed by atoms with Crippen LogP contribution in [0.25, 0.3) is 0 Å². The molecule has 1 aromatic rings. The molecule has 5 nitrogen and oxygen atoms in total. The first-order chi connectivity index (χ1) is 11.8. The number of piperidine rings is 1. The van der Waals surface area contributed by atoms with Crippen molar-refractivity contribution < 1.29 is 9.59 Å². The van der Waals surface area contributed by atoms with Crippen LogP contribution in [0.1, 0.15) is 43.1 Å². The minimum absolute atomic E-state index is 0. The van der Waals surface area contributed by atoms with E-state index in [0.717, 1.165) is 24.3 Å². The largest absolute Gasteiger partial charge is 0.338 e. The lowest BCUT2D eigenvalue weighted by molar-refractivity contribution is -0.119. The van der Waals surface area contributed by atoms with Gasteiger partial charge in [0.25, 0.3) is 5.91 Å². The highest BCUT2D eigenvalue weighted by molar-refractivity contribution is 5.98. The number of hydrogen-bond donors (Lipinski definition) is 2. The predicted octanol–water partition coefficient (Wildman–Crippen LogP) is 3.33. The molecule has 1 aromatic carbocycles. The number of carbonyl (C=O) groups excluding carboxylic acids is 2. The highest BCUT2D eigenvalue weighted by Crippen LogP contribution is 2.24. The lowest BCUT2D eigenvalue weighted by Crippen LogP contribution is -2.42. The van der Waals surface area contributed by atoms with Crippen LogP contribution in [-0.4, -0.2) is 43.4 Å². The second-order valence-electron chi connectivity index (χ2n) is 7.63. The van der Waals surface area contributed by atoms with E-state index in [1.54, 1.807) is 0 Å². The van der Waals surface area contributed by atoms with Crippen LogP contribution in [0.4, 0.5) is 5.69 Å². The number of anilines is 1. The number of aryl methyl sites for hydroxylation is 1. The number of likely N-dealkylation sites (tertiary alicyclic amines) is 1. The Hall–Kier alpha value is -1.59. The van der Waals surface area contributed by atoms with Crippen LogP contribution >= 0.6 is 12.4 Å². The van der Waals surface area contributed by atoms with Crippen molar-refractivity contribution in [3.05, 3.63) is 29.3 Å². The van der Waals surface area contributed by atoms with Gasteiger partial charge in [-0.1, -0.05) is 26.8 Å². The molecule has 1 aliphatic heterocycles. The van der Waals surface area contributed by atoms with E-state index in [9.17, 15) is 9.59 Å². The van der Waals surface area contributed by atoms with Gasteiger partial charge in [-0.3, -0.25) is 9.59 Å². The zero-order valence-corrected chi connectivity index (χ0v) is 17.3. The summed E-state index contributed by atoms with van der Waals surface area (Å²) < 4.78 is 0. The topological polar surface area (TPSA) is 61.4 Å². The molecule has 3 atom stereocenters. The molecule has 0 aliphatic carbocycles. The van der Waals surface area contributed by atoms with Crippen LogP contribution in [0.3, 0.4) is 0 Å². The van der Waals surface area contributed by atoms with Crippen LogP contribution < -0.4 is 10.6 Å². The van der Waals surface area contributed by atoms with E-state index in [4.69, 9.17) is 0 Å². The third-order valence-electron chi connectivity index (χ3n) is 4.86. The molecule has 1 fully saturated rings. The van der Waals surface area contributed by atoms with Gasteiger partial charge in [-0.05, 0) is 49.9 Å². The van der Waals surface area contributed by atoms with Gasteiger partial charge >= 0.3 is 0 Å². The zero-order valence-electron chi connectivity index (χ0n) is 16.5. The van der Waals surface area contributed by atoms with Crippen molar-refractivity contribution in [1.82, 2.24) is 10.2 Å². The molecule has 2 rings (SSSR count). The number of nitrogens with zero attached hydrogens (tertiary/aromatic N) is 1. The Morgan fingerprint density at radius 1 is 1.23 bits per heavy atom. The maximum Gasteiger partial charge on any atom is 0.253 e. The number of halogens is 1. The first-order valence-corrected chi connectivity index (χ1v) is 9.17. The minimum atomic E-state index is -0.132. The summed E-state index contributed by atoms with van der Waals surface area (Å²) in [5.74, 6) is 0.936. The Labute approximate surface area is 163 Å². The van der Waals surface area contributed by atoms with E-state index in [1.165, 1.54) is 6.42 Å². The third-order valence-corrected chi connectivity index (χ3v) is 4.86. The third kappa shape index (κ3) is 5.71. The summed E-state index contributed by atoms with van der Waals surface area (Å²) in [6, 6.07) is 5.57. The summed E-state index contributed by atoms with van der Waals surface area (Å²) in [6.07, 6.45) is 1.17. The van der Waals surface area contributed by atoms with Crippen molar-refractivity contribution in [2.45, 2.75) is 34.1 Å². The second-order valence-corrected chi connectivity index (χ2v) is 7.63. The summed E-state index contributed by atoms with van der Waals surface area (Å²) in [5.41, 5.74) is 2.32. The maximum atomic E-state index is 12.9. The van der Waals surface area contributed by atoms with Crippen LogP contribution in [0.15, 0.2) is 18.2 Å². The lowest BCUT2D eigenvalue weighted by Gasteiger charge is -2.35. The second kappa shape index (κ2) is 9.93. The van der Waals surface area contributed by atoms with Crippen molar-refractivity contribution in [2.75, 3.05) is 32.0 Å². The Bertz CT molecular complexity index is 625. The normalized spacial score (nSPS) is 20.9. The molecule has 26 heavy (non-hydrogen) atoms. The van der Waals surface area contributed by atoms with E-state index in [0.29, 0.717) is 23.9 Å². The van der Waals surface area contributed by atoms with Gasteiger partial charge in [-0.25, -0.2) is 0 Å². The molecule has 1 aliphatic rings. The Balaban J connectivity index is 0.00000338. The molecule has 146 valence electrons. The smallest absolute Gasteiger partial charge is 0.253 e. The minimum Gasteiger partial charge on any atom is -0.338 e. The van der Waals surface area contributed by atoms with Crippen molar-refractivity contribution in [3.8, 4) is 0 Å². The van der Waals surface area contributed by atoms with E-state index in [1.807, 2.05) is 44.0 Å². The van der Waals surface area contributed by atoms with Crippen LogP contribution in [0.5, 0.6) is 0 Å². The molecule has 0 bridgehead atoms. The van der Waals surface area contributed by atoms with Crippen molar-refractivity contribution in [1.29, 1.82) is 0 Å². The fourth-order valence-electron chi connectivity index (χ4n) is 3.56. The number of amides is 2. The van der Waals surface area contributed by atoms with Crippen LogP contribution in [0.2, 0.25) is 0 Å². The molecule has 0 radical (unpaired) electrons. The molecule has 1 saturated heterocycles. The van der Waals surface area contributed by atoms with Gasteiger partial charge in [-0.2, -0.15) is 0 Å². The molecule has 0 saturated carbocycles. The first-order valence-electron chi connectivity index (χ1n) is 9.17. The van der Waals surface area contributed by atoms with Gasteiger partial charge in [0.1, 0.15) is 0 Å². The molecule has 2 N–H and O–H groups in total. The average Bonchev–Trinajstić information content (AvgIpc) is 2.55. The fraction of sp³-hybridized carbons (Fsp3) is 0.600. The summed E-state index contributed by atoms with van der Waals surface area (Å²) in [5, 5.41) is 5.97. The Morgan fingerprint density at radius 3 is 2.42 bits per heavy atom. The van der Waals surface area contributed by atoms with Gasteiger partial charge in [0.2, 0.25) is 5.91 Å². The lowest BCUT2D eigenvalue weighted by atomic mass is 9.91. The van der Waals surface area contributed by atoms with Crippen molar-refractivity contribution in [3.63, 3.8) is 0 Å². The van der Waals surface area contributed by atoms with Gasteiger partial charge in [0.15, 0.2) is 0 Å². The number of nitrogens with one attached hydrogen (secondary N) is 2. The van der Waals surface area contributed by atoms with Gasteiger partial charge in [0, 0.05) is 36.8 Å². The van der Waals surface area contributed by atoms with Gasteiger partial charge in [0.05, 0.1) is 0 Å². The van der Waals surface area contributed by atoms with E-state index < -0.39 is 0 Å². The predicted molar refractivity (Wildman–Crippen MR) is 109 cm³/mol. The Morgan fingerprint density at radius 2 is 1.85 bits per heavy atom. The monoisotopic (exact) mass is 381 g/mol. The molecular formula is C20H32ClN3O2. The van der Waals surface area contributed by atoms with E-state index in [2.05, 4.69) is 24.5 Å². The number of rotatable bonds is 5. The number of benzene rings is 1. The fourth-order valence-corrected chi connectivity index (χ4v) is 3.56. The molecule has 0 spiro atoms. The zero-order chi connectivity index (χ0) is 18.6.